The van der Waals surface area contributed by atoms with E-state index in [4.69, 9.17) is 11.6 Å². The third-order valence-corrected chi connectivity index (χ3v) is 7.85. The predicted octanol–water partition coefficient (Wildman–Crippen LogP) is 6.58. The first kappa shape index (κ1) is 25.1. The van der Waals surface area contributed by atoms with Gasteiger partial charge in [0, 0.05) is 29.5 Å². The normalized spacial score (nSPS) is 17.1. The number of amides is 2. The van der Waals surface area contributed by atoms with Crippen molar-refractivity contribution in [2.24, 2.45) is 5.92 Å². The van der Waals surface area contributed by atoms with E-state index < -0.39 is 0 Å². The van der Waals surface area contributed by atoms with E-state index in [0.29, 0.717) is 21.7 Å². The van der Waals surface area contributed by atoms with Crippen LogP contribution in [0.4, 0.5) is 5.13 Å². The number of carbonyl (C=O) groups excluding carboxylic acids is 2. The first-order valence-corrected chi connectivity index (χ1v) is 13.5. The van der Waals surface area contributed by atoms with Crippen LogP contribution in [0.25, 0.3) is 10.6 Å². The zero-order valence-corrected chi connectivity index (χ0v) is 22.0. The van der Waals surface area contributed by atoms with Crippen molar-refractivity contribution in [2.75, 3.05) is 11.9 Å². The number of benzene rings is 3. The Morgan fingerprint density at radius 3 is 2.38 bits per heavy atom. The minimum Gasteiger partial charge on any atom is -0.335 e. The summed E-state index contributed by atoms with van der Waals surface area (Å²) in [6.45, 7) is 2.34. The predicted molar refractivity (Wildman–Crippen MR) is 147 cm³/mol. The minimum absolute atomic E-state index is 0.0540. The molecule has 1 aliphatic rings. The van der Waals surface area contributed by atoms with Gasteiger partial charge in [0.05, 0.1) is 6.04 Å². The largest absolute Gasteiger partial charge is 0.335 e. The number of nitrogens with one attached hydrogen (secondary N) is 1. The lowest BCUT2D eigenvalue weighted by molar-refractivity contribution is -0.135. The average molecular weight is 531 g/mol. The topological polar surface area (TPSA) is 75.2 Å². The molecule has 37 heavy (non-hydrogen) atoms. The maximum Gasteiger partial charge on any atom is 0.227 e. The molecule has 1 saturated carbocycles. The smallest absolute Gasteiger partial charge is 0.227 e. The number of nitrogens with zero attached hydrogens (tertiary/aromatic N) is 3. The standard InChI is InChI=1S/C29H27ClN4O2S/c1-19(20-8-4-2-5-9-20)34(28(36)25-18-24(25)21-10-6-3-7-11-21)17-16-26(35)31-29-33-32-27(37-29)22-12-14-23(30)15-13-22/h2-15,19,24-25H,16-18H2,1H3,(H,31,33,35). The van der Waals surface area contributed by atoms with Crippen molar-refractivity contribution in [1.29, 1.82) is 0 Å². The van der Waals surface area contributed by atoms with Crippen molar-refractivity contribution >= 4 is 39.9 Å². The highest BCUT2D eigenvalue weighted by molar-refractivity contribution is 7.18. The van der Waals surface area contributed by atoms with Crippen LogP contribution >= 0.6 is 22.9 Å². The second kappa shape index (κ2) is 11.2. The highest BCUT2D eigenvalue weighted by atomic mass is 35.5. The third kappa shape index (κ3) is 6.06. The summed E-state index contributed by atoms with van der Waals surface area (Å²) in [5.41, 5.74) is 3.12. The van der Waals surface area contributed by atoms with Crippen LogP contribution < -0.4 is 5.32 Å². The summed E-state index contributed by atoms with van der Waals surface area (Å²) >= 11 is 7.26. The number of rotatable bonds is 9. The molecule has 1 aromatic heterocycles. The first-order valence-electron chi connectivity index (χ1n) is 12.3. The average Bonchev–Trinajstić information content (AvgIpc) is 3.61. The molecule has 0 aliphatic heterocycles. The first-order chi connectivity index (χ1) is 18.0. The van der Waals surface area contributed by atoms with Crippen LogP contribution in [-0.2, 0) is 9.59 Å². The molecule has 188 valence electrons. The van der Waals surface area contributed by atoms with Gasteiger partial charge in [0.1, 0.15) is 5.01 Å². The number of carbonyl (C=O) groups is 2. The molecule has 0 saturated heterocycles. The molecule has 1 aliphatic carbocycles. The molecular weight excluding hydrogens is 504 g/mol. The van der Waals surface area contributed by atoms with Crippen LogP contribution in [0.1, 0.15) is 42.9 Å². The minimum atomic E-state index is -0.202. The Kier molecular flexibility index (Phi) is 7.63. The summed E-state index contributed by atoms with van der Waals surface area (Å²) in [4.78, 5) is 28.3. The van der Waals surface area contributed by atoms with E-state index in [1.165, 1.54) is 16.9 Å². The van der Waals surface area contributed by atoms with E-state index in [2.05, 4.69) is 27.6 Å². The van der Waals surface area contributed by atoms with E-state index in [0.717, 1.165) is 17.5 Å². The number of aromatic nitrogens is 2. The van der Waals surface area contributed by atoms with Gasteiger partial charge in [-0.15, -0.1) is 10.2 Å². The van der Waals surface area contributed by atoms with E-state index in [1.807, 2.05) is 72.5 Å². The quantitative estimate of drug-likeness (QED) is 0.265. The molecule has 8 heteroatoms. The molecule has 0 spiro atoms. The molecule has 2 amide bonds. The van der Waals surface area contributed by atoms with Gasteiger partial charge < -0.3 is 10.2 Å². The number of hydrogen-bond acceptors (Lipinski definition) is 5. The van der Waals surface area contributed by atoms with Gasteiger partial charge in [-0.1, -0.05) is 95.7 Å². The summed E-state index contributed by atoms with van der Waals surface area (Å²) in [6, 6.07) is 27.3. The van der Waals surface area contributed by atoms with Gasteiger partial charge >= 0.3 is 0 Å². The van der Waals surface area contributed by atoms with E-state index >= 15 is 0 Å². The molecule has 5 rings (SSSR count). The van der Waals surface area contributed by atoms with Crippen LogP contribution in [0.15, 0.2) is 84.9 Å². The van der Waals surface area contributed by atoms with Crippen molar-refractivity contribution in [2.45, 2.75) is 31.7 Å². The molecule has 3 atom stereocenters. The molecule has 1 N–H and O–H groups in total. The second-order valence-electron chi connectivity index (χ2n) is 9.20. The van der Waals surface area contributed by atoms with Crippen LogP contribution in [-0.4, -0.2) is 33.5 Å². The molecule has 0 bridgehead atoms. The fourth-order valence-electron chi connectivity index (χ4n) is 4.54. The number of halogens is 1. The van der Waals surface area contributed by atoms with Crippen molar-refractivity contribution in [3.05, 3.63) is 101 Å². The fourth-order valence-corrected chi connectivity index (χ4v) is 5.43. The molecule has 6 nitrogen and oxygen atoms in total. The highest BCUT2D eigenvalue weighted by Crippen LogP contribution is 2.49. The summed E-state index contributed by atoms with van der Waals surface area (Å²) < 4.78 is 0. The van der Waals surface area contributed by atoms with Crippen molar-refractivity contribution in [3.8, 4) is 10.6 Å². The van der Waals surface area contributed by atoms with Gasteiger partial charge in [0.15, 0.2) is 0 Å². The number of anilines is 1. The highest BCUT2D eigenvalue weighted by Gasteiger charge is 2.46. The van der Waals surface area contributed by atoms with E-state index in [1.54, 1.807) is 12.1 Å². The Balaban J connectivity index is 1.25. The summed E-state index contributed by atoms with van der Waals surface area (Å²) in [7, 11) is 0. The van der Waals surface area contributed by atoms with Gasteiger partial charge in [0.2, 0.25) is 16.9 Å². The van der Waals surface area contributed by atoms with Crippen molar-refractivity contribution in [3.63, 3.8) is 0 Å². The Hall–Kier alpha value is -3.55. The van der Waals surface area contributed by atoms with Crippen LogP contribution in [0, 0.1) is 5.92 Å². The summed E-state index contributed by atoms with van der Waals surface area (Å²) in [5.74, 6) is 0.0774. The number of hydrogen-bond donors (Lipinski definition) is 1. The van der Waals surface area contributed by atoms with Gasteiger partial charge in [-0.25, -0.2) is 0 Å². The lowest BCUT2D eigenvalue weighted by atomic mass is 10.0. The Morgan fingerprint density at radius 1 is 1.00 bits per heavy atom. The third-order valence-electron chi connectivity index (χ3n) is 6.71. The molecule has 3 unspecified atom stereocenters. The molecule has 3 aromatic carbocycles. The van der Waals surface area contributed by atoms with Crippen LogP contribution in [0.2, 0.25) is 5.02 Å². The van der Waals surface area contributed by atoms with E-state index in [9.17, 15) is 9.59 Å². The molecule has 1 heterocycles. The SMILES string of the molecule is CC(c1ccccc1)N(CCC(=O)Nc1nnc(-c2ccc(Cl)cc2)s1)C(=O)C1CC1c1ccccc1. The Bertz CT molecular complexity index is 1360. The van der Waals surface area contributed by atoms with Gasteiger partial charge in [-0.05, 0) is 42.5 Å². The Labute approximate surface area is 225 Å². The van der Waals surface area contributed by atoms with Gasteiger partial charge in [0.25, 0.3) is 0 Å². The summed E-state index contributed by atoms with van der Waals surface area (Å²) in [6.07, 6.45) is 1.01. The maximum absolute atomic E-state index is 13.6. The zero-order chi connectivity index (χ0) is 25.8. The summed E-state index contributed by atoms with van der Waals surface area (Å²) in [5, 5.41) is 12.9. The molecule has 4 aromatic rings. The molecule has 0 radical (unpaired) electrons. The van der Waals surface area contributed by atoms with E-state index in [-0.39, 0.29) is 36.1 Å². The van der Waals surface area contributed by atoms with Crippen molar-refractivity contribution in [1.82, 2.24) is 15.1 Å². The zero-order valence-electron chi connectivity index (χ0n) is 20.4. The lowest BCUT2D eigenvalue weighted by Gasteiger charge is -2.30. The van der Waals surface area contributed by atoms with Crippen LogP contribution in [0.5, 0.6) is 0 Å². The van der Waals surface area contributed by atoms with Gasteiger partial charge in [-0.3, -0.25) is 9.59 Å². The van der Waals surface area contributed by atoms with Crippen molar-refractivity contribution < 1.29 is 9.59 Å². The molecule has 1 fully saturated rings. The maximum atomic E-state index is 13.6. The lowest BCUT2D eigenvalue weighted by Crippen LogP contribution is -2.37. The fraction of sp³-hybridized carbons (Fsp3) is 0.241. The Morgan fingerprint density at radius 2 is 1.68 bits per heavy atom. The second-order valence-corrected chi connectivity index (χ2v) is 10.6. The van der Waals surface area contributed by atoms with Gasteiger partial charge in [-0.2, -0.15) is 0 Å². The molecular formula is C29H27ClN4O2S. The monoisotopic (exact) mass is 530 g/mol. The van der Waals surface area contributed by atoms with Crippen LogP contribution in [0.3, 0.4) is 0 Å².